The number of benzene rings is 2. The van der Waals surface area contributed by atoms with E-state index in [0.717, 1.165) is 46.8 Å². The van der Waals surface area contributed by atoms with Gasteiger partial charge >= 0.3 is 0 Å². The highest BCUT2D eigenvalue weighted by Crippen LogP contribution is 2.36. The smallest absolute Gasteiger partial charge is 0.247 e. The Bertz CT molecular complexity index is 1390. The minimum Gasteiger partial charge on any atom is -0.349 e. The molecule has 2 aromatic heterocycles. The van der Waals surface area contributed by atoms with Gasteiger partial charge in [-0.25, -0.2) is 4.68 Å². The van der Waals surface area contributed by atoms with Crippen LogP contribution in [0, 0.1) is 0 Å². The van der Waals surface area contributed by atoms with Crippen LogP contribution in [0.25, 0.3) is 21.9 Å². The van der Waals surface area contributed by atoms with Gasteiger partial charge in [0.05, 0.1) is 11.0 Å². The summed E-state index contributed by atoms with van der Waals surface area (Å²) in [6, 6.07) is 16.5. The molecule has 1 saturated carbocycles. The summed E-state index contributed by atoms with van der Waals surface area (Å²) >= 11 is 0. The summed E-state index contributed by atoms with van der Waals surface area (Å²) in [4.78, 5) is 33.8. The fourth-order valence-electron chi connectivity index (χ4n) is 4.35. The second-order valence-electron chi connectivity index (χ2n) is 9.85. The standard InChI is InChI=1S/C27H30N6O2/c1-4-27(2,3)29-26(35)25(19-11-14-21-18(16-19)8-7-15-28-21)33(20-12-13-20)24(34)17-32-23-10-6-5-9-22(23)30-31-32/h5-11,14-16,20,25H,4,12-13,17H2,1-3H3,(H,29,35). The summed E-state index contributed by atoms with van der Waals surface area (Å²) in [7, 11) is 0. The number of carbonyl (C=O) groups excluding carboxylic acids is 2. The van der Waals surface area contributed by atoms with Crippen molar-refractivity contribution in [2.24, 2.45) is 0 Å². The van der Waals surface area contributed by atoms with Crippen LogP contribution in [0.5, 0.6) is 0 Å². The maximum Gasteiger partial charge on any atom is 0.247 e. The first-order valence-corrected chi connectivity index (χ1v) is 12.1. The quantitative estimate of drug-likeness (QED) is 0.420. The average molecular weight is 471 g/mol. The van der Waals surface area contributed by atoms with Gasteiger partial charge in [0.1, 0.15) is 18.1 Å². The number of pyridine rings is 1. The molecule has 0 saturated heterocycles. The third kappa shape index (κ3) is 4.73. The van der Waals surface area contributed by atoms with Crippen LogP contribution in [0.2, 0.25) is 0 Å². The summed E-state index contributed by atoms with van der Waals surface area (Å²) in [5, 5.41) is 12.5. The van der Waals surface area contributed by atoms with E-state index in [2.05, 4.69) is 20.6 Å². The van der Waals surface area contributed by atoms with E-state index in [1.165, 1.54) is 0 Å². The van der Waals surface area contributed by atoms with Crippen LogP contribution >= 0.6 is 0 Å². The van der Waals surface area contributed by atoms with Crippen molar-refractivity contribution in [1.29, 1.82) is 0 Å². The fraction of sp³-hybridized carbons (Fsp3) is 0.370. The van der Waals surface area contributed by atoms with E-state index in [1.54, 1.807) is 15.8 Å². The lowest BCUT2D eigenvalue weighted by atomic mass is 9.97. The van der Waals surface area contributed by atoms with Gasteiger partial charge in [-0.1, -0.05) is 36.4 Å². The van der Waals surface area contributed by atoms with Gasteiger partial charge in [0, 0.05) is 23.2 Å². The molecule has 1 atom stereocenters. The Kier molecular flexibility index (Phi) is 5.96. The van der Waals surface area contributed by atoms with Crippen LogP contribution in [-0.2, 0) is 16.1 Å². The van der Waals surface area contributed by atoms with Gasteiger partial charge in [0.2, 0.25) is 11.8 Å². The maximum atomic E-state index is 13.8. The Balaban J connectivity index is 1.54. The zero-order valence-corrected chi connectivity index (χ0v) is 20.3. The molecule has 0 spiro atoms. The second kappa shape index (κ2) is 9.09. The number of hydrogen-bond donors (Lipinski definition) is 1. The van der Waals surface area contributed by atoms with E-state index in [4.69, 9.17) is 0 Å². The molecule has 1 aliphatic carbocycles. The molecule has 0 radical (unpaired) electrons. The van der Waals surface area contributed by atoms with E-state index < -0.39 is 11.6 Å². The number of rotatable bonds is 8. The molecule has 1 aliphatic rings. The van der Waals surface area contributed by atoms with Gasteiger partial charge in [0.15, 0.2) is 0 Å². The normalized spacial score (nSPS) is 14.7. The third-order valence-electron chi connectivity index (χ3n) is 6.75. The monoisotopic (exact) mass is 470 g/mol. The van der Waals surface area contributed by atoms with Crippen molar-refractivity contribution in [3.63, 3.8) is 0 Å². The highest BCUT2D eigenvalue weighted by molar-refractivity contribution is 5.91. The van der Waals surface area contributed by atoms with Crippen LogP contribution < -0.4 is 5.32 Å². The molecule has 1 N–H and O–H groups in total. The summed E-state index contributed by atoms with van der Waals surface area (Å²) in [6.45, 7) is 6.05. The van der Waals surface area contributed by atoms with Crippen molar-refractivity contribution in [3.05, 3.63) is 66.4 Å². The first kappa shape index (κ1) is 23.0. The van der Waals surface area contributed by atoms with Gasteiger partial charge < -0.3 is 10.2 Å². The lowest BCUT2D eigenvalue weighted by Crippen LogP contribution is -2.51. The first-order chi connectivity index (χ1) is 16.9. The highest BCUT2D eigenvalue weighted by atomic mass is 16.2. The van der Waals surface area contributed by atoms with Gasteiger partial charge in [-0.05, 0) is 69.0 Å². The van der Waals surface area contributed by atoms with Gasteiger partial charge in [0.25, 0.3) is 0 Å². The molecule has 1 unspecified atom stereocenters. The molecule has 0 aliphatic heterocycles. The number of nitrogens with zero attached hydrogens (tertiary/aromatic N) is 5. The average Bonchev–Trinajstić information content (AvgIpc) is 3.62. The summed E-state index contributed by atoms with van der Waals surface area (Å²) in [6.07, 6.45) is 4.27. The Labute approximate surface area is 204 Å². The summed E-state index contributed by atoms with van der Waals surface area (Å²) < 4.78 is 1.61. The Morgan fingerprint density at radius 1 is 1.11 bits per heavy atom. The third-order valence-corrected chi connectivity index (χ3v) is 6.75. The SMILES string of the molecule is CCC(C)(C)NC(=O)C(c1ccc2ncccc2c1)N(C(=O)Cn1nnc2ccccc21)C1CC1. The number of para-hydroxylation sites is 1. The summed E-state index contributed by atoms with van der Waals surface area (Å²) in [5.41, 5.74) is 2.76. The Morgan fingerprint density at radius 3 is 2.69 bits per heavy atom. The lowest BCUT2D eigenvalue weighted by Gasteiger charge is -2.35. The minimum atomic E-state index is -0.750. The second-order valence-corrected chi connectivity index (χ2v) is 9.85. The molecule has 2 heterocycles. The predicted octanol–water partition coefficient (Wildman–Crippen LogP) is 4.02. The van der Waals surface area contributed by atoms with Crippen molar-refractivity contribution in [3.8, 4) is 0 Å². The van der Waals surface area contributed by atoms with Crippen molar-refractivity contribution < 1.29 is 9.59 Å². The van der Waals surface area contributed by atoms with E-state index in [-0.39, 0.29) is 24.4 Å². The maximum absolute atomic E-state index is 13.8. The van der Waals surface area contributed by atoms with Crippen LogP contribution in [0.4, 0.5) is 0 Å². The lowest BCUT2D eigenvalue weighted by molar-refractivity contribution is -0.143. The number of aromatic nitrogens is 4. The van der Waals surface area contributed by atoms with Gasteiger partial charge in [-0.15, -0.1) is 5.10 Å². The molecule has 5 rings (SSSR count). The number of nitrogens with one attached hydrogen (secondary N) is 1. The van der Waals surface area contributed by atoms with E-state index in [0.29, 0.717) is 0 Å². The fourth-order valence-corrected chi connectivity index (χ4v) is 4.35. The van der Waals surface area contributed by atoms with Crippen molar-refractivity contribution in [2.45, 2.75) is 64.2 Å². The van der Waals surface area contributed by atoms with E-state index in [1.807, 2.05) is 75.4 Å². The molecule has 0 bridgehead atoms. The van der Waals surface area contributed by atoms with Gasteiger partial charge in [-0.2, -0.15) is 0 Å². The van der Waals surface area contributed by atoms with E-state index in [9.17, 15) is 9.59 Å². The Hall–Kier alpha value is -3.81. The van der Waals surface area contributed by atoms with E-state index >= 15 is 0 Å². The zero-order chi connectivity index (χ0) is 24.6. The number of fused-ring (bicyclic) bond motifs is 2. The molecule has 2 amide bonds. The van der Waals surface area contributed by atoms with Crippen LogP contribution in [0.3, 0.4) is 0 Å². The van der Waals surface area contributed by atoms with Crippen molar-refractivity contribution >= 4 is 33.8 Å². The molecule has 2 aromatic carbocycles. The van der Waals surface area contributed by atoms with Crippen LogP contribution in [0.1, 0.15) is 51.6 Å². The predicted molar refractivity (Wildman–Crippen MR) is 134 cm³/mol. The summed E-state index contributed by atoms with van der Waals surface area (Å²) in [5.74, 6) is -0.326. The Morgan fingerprint density at radius 2 is 1.91 bits per heavy atom. The molecule has 35 heavy (non-hydrogen) atoms. The molecule has 1 fully saturated rings. The topological polar surface area (TPSA) is 93.0 Å². The first-order valence-electron chi connectivity index (χ1n) is 12.1. The number of amides is 2. The van der Waals surface area contributed by atoms with Crippen molar-refractivity contribution in [1.82, 2.24) is 30.2 Å². The minimum absolute atomic E-state index is 0.0161. The molecule has 8 heteroatoms. The largest absolute Gasteiger partial charge is 0.349 e. The van der Waals surface area contributed by atoms with Crippen LogP contribution in [0.15, 0.2) is 60.8 Å². The molecule has 8 nitrogen and oxygen atoms in total. The van der Waals surface area contributed by atoms with Crippen LogP contribution in [-0.4, -0.2) is 48.3 Å². The molecular weight excluding hydrogens is 440 g/mol. The molecule has 4 aromatic rings. The zero-order valence-electron chi connectivity index (χ0n) is 20.3. The number of carbonyl (C=O) groups is 2. The highest BCUT2D eigenvalue weighted by Gasteiger charge is 2.42. The number of hydrogen-bond acceptors (Lipinski definition) is 5. The molecular formula is C27H30N6O2. The molecule has 180 valence electrons. The van der Waals surface area contributed by atoms with Gasteiger partial charge in [-0.3, -0.25) is 14.6 Å². The van der Waals surface area contributed by atoms with Crippen molar-refractivity contribution in [2.75, 3.05) is 0 Å².